The maximum Gasteiger partial charge on any atom is 0.534 e. The zero-order valence-corrected chi connectivity index (χ0v) is 13.6. The van der Waals surface area contributed by atoms with Gasteiger partial charge in [-0.25, -0.2) is 0 Å². The van der Waals surface area contributed by atoms with Crippen LogP contribution in [0.3, 0.4) is 0 Å². The van der Waals surface area contributed by atoms with Crippen LogP contribution in [0, 0.1) is 0 Å². The molecule has 0 aliphatic rings. The van der Waals surface area contributed by atoms with Crippen molar-refractivity contribution < 1.29 is 30.5 Å². The van der Waals surface area contributed by atoms with Gasteiger partial charge < -0.3 is 8.92 Å². The highest BCUT2D eigenvalue weighted by molar-refractivity contribution is 7.87. The number of alkyl halides is 3. The van der Waals surface area contributed by atoms with E-state index in [0.717, 1.165) is 0 Å². The van der Waals surface area contributed by atoms with Gasteiger partial charge in [-0.3, -0.25) is 4.57 Å². The summed E-state index contributed by atoms with van der Waals surface area (Å²) in [6.07, 6.45) is 0. The SMILES string of the molecule is COc1ccc(-n2c(OS(=O)(=O)C(F)(F)F)cc3ccccc32)cc1. The zero-order valence-electron chi connectivity index (χ0n) is 12.8. The number of hydrogen-bond acceptors (Lipinski definition) is 4. The topological polar surface area (TPSA) is 57.5 Å². The average molecular weight is 371 g/mol. The molecule has 1 heterocycles. The van der Waals surface area contributed by atoms with Crippen LogP contribution in [0.15, 0.2) is 54.6 Å². The van der Waals surface area contributed by atoms with Crippen LogP contribution in [0.2, 0.25) is 0 Å². The fourth-order valence-corrected chi connectivity index (χ4v) is 2.79. The number of rotatable bonds is 4. The van der Waals surface area contributed by atoms with E-state index in [0.29, 0.717) is 22.3 Å². The van der Waals surface area contributed by atoms with E-state index in [4.69, 9.17) is 4.74 Å². The molecular weight excluding hydrogens is 359 g/mol. The fourth-order valence-electron chi connectivity index (χ4n) is 2.35. The first-order valence-corrected chi connectivity index (χ1v) is 8.39. The number of methoxy groups -OCH3 is 1. The Morgan fingerprint density at radius 2 is 1.64 bits per heavy atom. The molecule has 9 heteroatoms. The van der Waals surface area contributed by atoms with E-state index in [9.17, 15) is 21.6 Å². The standard InChI is InChI=1S/C16H12F3NO4S/c1-23-13-8-6-12(7-9-13)20-14-5-3-2-4-11(14)10-15(20)24-25(21,22)16(17,18)19/h2-10H,1H3. The Bertz CT molecular complexity index is 1010. The van der Waals surface area contributed by atoms with Crippen LogP contribution >= 0.6 is 0 Å². The lowest BCUT2D eigenvalue weighted by atomic mass is 10.2. The van der Waals surface area contributed by atoms with E-state index in [1.807, 2.05) is 0 Å². The quantitative estimate of drug-likeness (QED) is 0.516. The molecule has 0 unspecified atom stereocenters. The summed E-state index contributed by atoms with van der Waals surface area (Å²) in [7, 11) is -4.31. The van der Waals surface area contributed by atoms with Crippen molar-refractivity contribution in [1.82, 2.24) is 4.57 Å². The van der Waals surface area contributed by atoms with Gasteiger partial charge >= 0.3 is 15.6 Å². The number of ether oxygens (including phenoxy) is 1. The molecule has 0 bridgehead atoms. The molecule has 3 rings (SSSR count). The summed E-state index contributed by atoms with van der Waals surface area (Å²) in [4.78, 5) is 0. The molecule has 25 heavy (non-hydrogen) atoms. The minimum Gasteiger partial charge on any atom is -0.497 e. The molecule has 0 fully saturated rings. The monoisotopic (exact) mass is 371 g/mol. The van der Waals surface area contributed by atoms with Gasteiger partial charge in [0, 0.05) is 17.1 Å². The third-order valence-electron chi connectivity index (χ3n) is 3.49. The number of para-hydroxylation sites is 1. The van der Waals surface area contributed by atoms with Crippen LogP contribution in [0.1, 0.15) is 0 Å². The first-order valence-electron chi connectivity index (χ1n) is 6.98. The highest BCUT2D eigenvalue weighted by atomic mass is 32.2. The first-order chi connectivity index (χ1) is 11.7. The van der Waals surface area contributed by atoms with Crippen LogP contribution in [-0.2, 0) is 10.1 Å². The number of fused-ring (bicyclic) bond motifs is 1. The van der Waals surface area contributed by atoms with Gasteiger partial charge in [0.15, 0.2) is 0 Å². The Morgan fingerprint density at radius 3 is 2.24 bits per heavy atom. The molecule has 0 atom stereocenters. The summed E-state index contributed by atoms with van der Waals surface area (Å²) in [5.74, 6) is 0.0919. The Morgan fingerprint density at radius 1 is 1.00 bits per heavy atom. The van der Waals surface area contributed by atoms with E-state index in [1.165, 1.54) is 17.7 Å². The van der Waals surface area contributed by atoms with Crippen LogP contribution in [-0.4, -0.2) is 25.6 Å². The summed E-state index contributed by atoms with van der Waals surface area (Å²) in [6.45, 7) is 0. The molecule has 0 aliphatic heterocycles. The van der Waals surface area contributed by atoms with E-state index in [2.05, 4.69) is 4.18 Å². The van der Waals surface area contributed by atoms with Crippen LogP contribution in [0.4, 0.5) is 13.2 Å². The lowest BCUT2D eigenvalue weighted by molar-refractivity contribution is -0.0501. The Labute approximate surface area is 141 Å². The smallest absolute Gasteiger partial charge is 0.497 e. The highest BCUT2D eigenvalue weighted by Gasteiger charge is 2.49. The van der Waals surface area contributed by atoms with Crippen molar-refractivity contribution in [3.8, 4) is 17.3 Å². The molecule has 3 aromatic rings. The number of halogens is 3. The molecule has 1 aromatic heterocycles. The largest absolute Gasteiger partial charge is 0.534 e. The van der Waals surface area contributed by atoms with Crippen molar-refractivity contribution >= 4 is 21.0 Å². The van der Waals surface area contributed by atoms with E-state index >= 15 is 0 Å². The summed E-state index contributed by atoms with van der Waals surface area (Å²) in [5.41, 5.74) is -4.59. The molecule has 0 spiro atoms. The third-order valence-corrected chi connectivity index (χ3v) is 4.44. The van der Waals surface area contributed by atoms with Crippen molar-refractivity contribution in [2.24, 2.45) is 0 Å². The number of nitrogens with zero attached hydrogens (tertiary/aromatic N) is 1. The molecule has 0 aliphatic carbocycles. The van der Waals surface area contributed by atoms with Gasteiger partial charge in [0.2, 0.25) is 5.88 Å². The predicted octanol–water partition coefficient (Wildman–Crippen LogP) is 3.87. The fraction of sp³-hybridized carbons (Fsp3) is 0.125. The average Bonchev–Trinajstić information content (AvgIpc) is 2.91. The Kier molecular flexibility index (Phi) is 4.11. The van der Waals surface area contributed by atoms with E-state index in [-0.39, 0.29) is 0 Å². The highest BCUT2D eigenvalue weighted by Crippen LogP contribution is 2.34. The lowest BCUT2D eigenvalue weighted by Gasteiger charge is -2.13. The van der Waals surface area contributed by atoms with E-state index < -0.39 is 21.5 Å². The molecule has 2 aromatic carbocycles. The second-order valence-electron chi connectivity index (χ2n) is 5.06. The van der Waals surface area contributed by atoms with Gasteiger partial charge in [0.05, 0.1) is 12.6 Å². The Balaban J connectivity index is 2.18. The summed E-state index contributed by atoms with van der Waals surface area (Å²) in [6, 6.07) is 14.3. The zero-order chi connectivity index (χ0) is 18.2. The first kappa shape index (κ1) is 17.2. The van der Waals surface area contributed by atoms with Crippen LogP contribution in [0.5, 0.6) is 11.6 Å². The molecular formula is C16H12F3NO4S. The molecule has 0 radical (unpaired) electrons. The van der Waals surface area contributed by atoms with Crippen LogP contribution in [0.25, 0.3) is 16.6 Å². The van der Waals surface area contributed by atoms with Crippen molar-refractivity contribution in [2.45, 2.75) is 5.51 Å². The van der Waals surface area contributed by atoms with Crippen molar-refractivity contribution in [3.63, 3.8) is 0 Å². The normalized spacial score (nSPS) is 12.3. The molecule has 0 amide bonds. The van der Waals surface area contributed by atoms with Gasteiger partial charge in [0.1, 0.15) is 5.75 Å². The Hall–Kier alpha value is -2.68. The molecule has 0 saturated carbocycles. The number of benzene rings is 2. The van der Waals surface area contributed by atoms with Crippen molar-refractivity contribution in [3.05, 3.63) is 54.6 Å². The maximum absolute atomic E-state index is 12.7. The summed E-state index contributed by atoms with van der Waals surface area (Å²) < 4.78 is 71.5. The van der Waals surface area contributed by atoms with Gasteiger partial charge in [-0.1, -0.05) is 18.2 Å². The second-order valence-corrected chi connectivity index (χ2v) is 6.60. The second kappa shape index (κ2) is 5.99. The van der Waals surface area contributed by atoms with Gasteiger partial charge in [0.25, 0.3) is 0 Å². The van der Waals surface area contributed by atoms with Gasteiger partial charge in [-0.2, -0.15) is 21.6 Å². The molecule has 0 N–H and O–H groups in total. The maximum atomic E-state index is 12.7. The van der Waals surface area contributed by atoms with E-state index in [1.54, 1.807) is 48.5 Å². The van der Waals surface area contributed by atoms with Crippen molar-refractivity contribution in [2.75, 3.05) is 7.11 Å². The summed E-state index contributed by atoms with van der Waals surface area (Å²) >= 11 is 0. The van der Waals surface area contributed by atoms with Gasteiger partial charge in [-0.05, 0) is 30.3 Å². The summed E-state index contributed by atoms with van der Waals surface area (Å²) in [5, 5.41) is 0.533. The van der Waals surface area contributed by atoms with Crippen molar-refractivity contribution in [1.29, 1.82) is 0 Å². The van der Waals surface area contributed by atoms with Crippen LogP contribution < -0.4 is 8.92 Å². The number of hydrogen-bond donors (Lipinski definition) is 0. The third kappa shape index (κ3) is 3.14. The number of aromatic nitrogens is 1. The minimum atomic E-state index is -5.79. The molecule has 0 saturated heterocycles. The molecule has 5 nitrogen and oxygen atoms in total. The van der Waals surface area contributed by atoms with Gasteiger partial charge in [-0.15, -0.1) is 0 Å². The molecule has 132 valence electrons. The predicted molar refractivity (Wildman–Crippen MR) is 85.4 cm³/mol. The lowest BCUT2D eigenvalue weighted by Crippen LogP contribution is -2.28. The minimum absolute atomic E-state index is 0.425.